The van der Waals surface area contributed by atoms with Gasteiger partial charge >= 0.3 is 0 Å². The van der Waals surface area contributed by atoms with E-state index in [1.165, 1.54) is 6.07 Å². The van der Waals surface area contributed by atoms with Crippen molar-refractivity contribution in [3.05, 3.63) is 53.0 Å². The summed E-state index contributed by atoms with van der Waals surface area (Å²) in [5.41, 5.74) is 6.59. The molecular weight excluding hydrogens is 496 g/mol. The molecule has 0 spiro atoms. The molecule has 2 saturated heterocycles. The molecule has 2 amide bonds. The molecule has 2 fully saturated rings. The maximum atomic E-state index is 12.8. The lowest BCUT2D eigenvalue weighted by Gasteiger charge is -2.38. The van der Waals surface area contributed by atoms with Crippen LogP contribution in [0.2, 0.25) is 5.02 Å². The molecule has 2 aliphatic heterocycles. The average Bonchev–Trinajstić information content (AvgIpc) is 3.42. The first-order valence-electron chi connectivity index (χ1n) is 12.8. The predicted octanol–water partition coefficient (Wildman–Crippen LogP) is 3.30. The Kier molecular flexibility index (Phi) is 9.49. The van der Waals surface area contributed by atoms with E-state index in [0.29, 0.717) is 53.5 Å². The number of rotatable bonds is 9. The van der Waals surface area contributed by atoms with E-state index < -0.39 is 0 Å². The minimum atomic E-state index is -0.274. The number of carbonyl (C=O) groups excluding carboxylic acids is 2. The predicted molar refractivity (Wildman–Crippen MR) is 143 cm³/mol. The molecule has 9 nitrogen and oxygen atoms in total. The molecule has 200 valence electrons. The first-order valence-corrected chi connectivity index (χ1v) is 13.1. The Labute approximate surface area is 222 Å². The molecule has 4 rings (SSSR count). The highest BCUT2D eigenvalue weighted by atomic mass is 35.5. The minimum absolute atomic E-state index is 0.0203. The number of nitrogen functional groups attached to an aromatic ring is 1. The molecule has 3 N–H and O–H groups in total. The van der Waals surface area contributed by atoms with Gasteiger partial charge in [0.15, 0.2) is 0 Å². The number of nitrogens with zero attached hydrogens (tertiary/aromatic N) is 2. The number of halogens is 1. The van der Waals surface area contributed by atoms with E-state index in [2.05, 4.69) is 10.2 Å². The second-order valence-corrected chi connectivity index (χ2v) is 9.79. The van der Waals surface area contributed by atoms with Gasteiger partial charge in [-0.15, -0.1) is 0 Å². The van der Waals surface area contributed by atoms with E-state index in [0.717, 1.165) is 45.6 Å². The smallest absolute Gasteiger partial charge is 0.255 e. The number of ether oxygens (including phenoxy) is 2. The Hall–Kier alpha value is -3.01. The Morgan fingerprint density at radius 3 is 2.81 bits per heavy atom. The van der Waals surface area contributed by atoms with Gasteiger partial charge in [-0.3, -0.25) is 14.5 Å². The normalized spacial score (nSPS) is 19.3. The van der Waals surface area contributed by atoms with Gasteiger partial charge in [-0.2, -0.15) is 0 Å². The van der Waals surface area contributed by atoms with Crippen molar-refractivity contribution >= 4 is 35.2 Å². The van der Waals surface area contributed by atoms with Crippen LogP contribution in [0.5, 0.6) is 5.75 Å². The van der Waals surface area contributed by atoms with Crippen molar-refractivity contribution in [3.63, 3.8) is 0 Å². The molecule has 0 aliphatic carbocycles. The fourth-order valence-corrected chi connectivity index (χ4v) is 4.90. The van der Waals surface area contributed by atoms with Gasteiger partial charge in [0.05, 0.1) is 41.9 Å². The van der Waals surface area contributed by atoms with Gasteiger partial charge in [0.1, 0.15) is 11.5 Å². The van der Waals surface area contributed by atoms with Gasteiger partial charge in [0.2, 0.25) is 5.91 Å². The second kappa shape index (κ2) is 13.0. The molecule has 2 aliphatic rings. The number of anilines is 1. The summed E-state index contributed by atoms with van der Waals surface area (Å²) in [6.07, 6.45) is 6.71. The quantitative estimate of drug-likeness (QED) is 0.378. The van der Waals surface area contributed by atoms with Crippen molar-refractivity contribution < 1.29 is 23.5 Å². The SMILES string of the molecule is CCOc1cc(N)c(Cl)cc1C(=O)NCC1CN(CC2CCN(C(=O)/C=C/c3ccco3)CC2)CCO1. The van der Waals surface area contributed by atoms with Gasteiger partial charge < -0.3 is 29.8 Å². The maximum Gasteiger partial charge on any atom is 0.255 e. The maximum absolute atomic E-state index is 12.8. The molecule has 1 aromatic heterocycles. The molecule has 37 heavy (non-hydrogen) atoms. The fraction of sp³-hybridized carbons (Fsp3) is 0.481. The van der Waals surface area contributed by atoms with Crippen LogP contribution in [0.15, 0.2) is 41.0 Å². The van der Waals surface area contributed by atoms with Crippen molar-refractivity contribution in [2.75, 3.05) is 58.2 Å². The number of amides is 2. The number of nitrogens with one attached hydrogen (secondary N) is 1. The standard InChI is InChI=1S/C27H35ClN4O5/c1-2-35-25-15-24(29)23(28)14-22(25)27(34)30-16-21-18-31(11-13-37-21)17-19-7-9-32(10-8-19)26(33)6-5-20-4-3-12-36-20/h3-6,12,14-15,19,21H,2,7-11,13,16-18,29H2,1H3,(H,30,34)/b6-5+. The molecule has 0 radical (unpaired) electrons. The molecule has 10 heteroatoms. The highest BCUT2D eigenvalue weighted by Gasteiger charge is 2.27. The second-order valence-electron chi connectivity index (χ2n) is 9.38. The number of nitrogens with two attached hydrogens (primary N) is 1. The zero-order chi connectivity index (χ0) is 26.2. The summed E-state index contributed by atoms with van der Waals surface area (Å²) in [6, 6.07) is 6.74. The summed E-state index contributed by atoms with van der Waals surface area (Å²) in [5.74, 6) is 1.36. The zero-order valence-corrected chi connectivity index (χ0v) is 21.9. The third kappa shape index (κ3) is 7.50. The number of likely N-dealkylation sites (tertiary alicyclic amines) is 1. The fourth-order valence-electron chi connectivity index (χ4n) is 4.74. The number of hydrogen-bond acceptors (Lipinski definition) is 7. The molecule has 0 bridgehead atoms. The summed E-state index contributed by atoms with van der Waals surface area (Å²) < 4.78 is 16.7. The van der Waals surface area contributed by atoms with Crippen LogP contribution in [0.1, 0.15) is 35.9 Å². The van der Waals surface area contributed by atoms with Crippen LogP contribution >= 0.6 is 11.6 Å². The molecule has 2 aromatic rings. The van der Waals surface area contributed by atoms with Crippen LogP contribution in [0.3, 0.4) is 0 Å². The average molecular weight is 531 g/mol. The Morgan fingerprint density at radius 2 is 2.08 bits per heavy atom. The van der Waals surface area contributed by atoms with Gasteiger partial charge in [-0.25, -0.2) is 0 Å². The monoisotopic (exact) mass is 530 g/mol. The first kappa shape index (κ1) is 27.0. The van der Waals surface area contributed by atoms with Crippen molar-refractivity contribution in [3.8, 4) is 5.75 Å². The molecule has 1 unspecified atom stereocenters. The highest BCUT2D eigenvalue weighted by molar-refractivity contribution is 6.33. The van der Waals surface area contributed by atoms with Crippen molar-refractivity contribution in [2.24, 2.45) is 5.92 Å². The molecular formula is C27H35ClN4O5. The number of hydrogen-bond donors (Lipinski definition) is 2. The topological polar surface area (TPSA) is 110 Å². The van der Waals surface area contributed by atoms with E-state index in [-0.39, 0.29) is 17.9 Å². The Balaban J connectivity index is 1.21. The Bertz CT molecular complexity index is 1080. The first-order chi connectivity index (χ1) is 17.9. The van der Waals surface area contributed by atoms with Gasteiger partial charge in [0.25, 0.3) is 5.91 Å². The van der Waals surface area contributed by atoms with Crippen molar-refractivity contribution in [2.45, 2.75) is 25.9 Å². The van der Waals surface area contributed by atoms with E-state index >= 15 is 0 Å². The van der Waals surface area contributed by atoms with E-state index in [4.69, 9.17) is 31.2 Å². The van der Waals surface area contributed by atoms with Gasteiger partial charge in [-0.05, 0) is 50.0 Å². The summed E-state index contributed by atoms with van der Waals surface area (Å²) in [6.45, 7) is 7.33. The largest absolute Gasteiger partial charge is 0.493 e. The van der Waals surface area contributed by atoms with E-state index in [1.54, 1.807) is 30.5 Å². The van der Waals surface area contributed by atoms with Crippen LogP contribution in [0.25, 0.3) is 6.08 Å². The molecule has 1 aromatic carbocycles. The lowest BCUT2D eigenvalue weighted by molar-refractivity contribution is -0.127. The zero-order valence-electron chi connectivity index (χ0n) is 21.2. The molecule has 0 saturated carbocycles. The van der Waals surface area contributed by atoms with Gasteiger partial charge in [-0.1, -0.05) is 11.6 Å². The van der Waals surface area contributed by atoms with Gasteiger partial charge in [0, 0.05) is 51.4 Å². The van der Waals surface area contributed by atoms with E-state index in [9.17, 15) is 9.59 Å². The number of furan rings is 1. The lowest BCUT2D eigenvalue weighted by atomic mass is 9.95. The lowest BCUT2D eigenvalue weighted by Crippen LogP contribution is -2.49. The van der Waals surface area contributed by atoms with Crippen LogP contribution in [0, 0.1) is 5.92 Å². The summed E-state index contributed by atoms with van der Waals surface area (Å²) >= 11 is 6.13. The van der Waals surface area contributed by atoms with Crippen LogP contribution in [0.4, 0.5) is 5.69 Å². The highest BCUT2D eigenvalue weighted by Crippen LogP contribution is 2.29. The summed E-state index contributed by atoms with van der Waals surface area (Å²) in [4.78, 5) is 29.6. The Morgan fingerprint density at radius 1 is 1.27 bits per heavy atom. The number of morpholine rings is 1. The third-order valence-electron chi connectivity index (χ3n) is 6.73. The van der Waals surface area contributed by atoms with Crippen molar-refractivity contribution in [1.82, 2.24) is 15.1 Å². The van der Waals surface area contributed by atoms with Crippen LogP contribution in [-0.2, 0) is 9.53 Å². The third-order valence-corrected chi connectivity index (χ3v) is 7.06. The molecule has 1 atom stereocenters. The molecule has 3 heterocycles. The minimum Gasteiger partial charge on any atom is -0.493 e. The van der Waals surface area contributed by atoms with Crippen LogP contribution in [-0.4, -0.2) is 80.2 Å². The number of carbonyl (C=O) groups is 2. The number of benzene rings is 1. The van der Waals surface area contributed by atoms with Crippen molar-refractivity contribution in [1.29, 1.82) is 0 Å². The summed E-state index contributed by atoms with van der Waals surface area (Å²) in [5, 5.41) is 3.27. The number of piperidine rings is 1. The van der Waals surface area contributed by atoms with E-state index in [1.807, 2.05) is 17.9 Å². The van der Waals surface area contributed by atoms with Crippen LogP contribution < -0.4 is 15.8 Å². The summed E-state index contributed by atoms with van der Waals surface area (Å²) in [7, 11) is 0.